The van der Waals surface area contributed by atoms with Gasteiger partial charge in [-0.15, -0.1) is 15.0 Å². The first-order valence-corrected chi connectivity index (χ1v) is 10.7. The van der Waals surface area contributed by atoms with Gasteiger partial charge in [0.05, 0.1) is 16.7 Å². The number of aromatic nitrogens is 5. The number of esters is 1. The van der Waals surface area contributed by atoms with E-state index in [0.29, 0.717) is 24.0 Å². The highest BCUT2D eigenvalue weighted by molar-refractivity contribution is 5.94. The van der Waals surface area contributed by atoms with Crippen molar-refractivity contribution in [2.45, 2.75) is 51.6 Å². The van der Waals surface area contributed by atoms with Crippen LogP contribution >= 0.6 is 0 Å². The van der Waals surface area contributed by atoms with E-state index in [-0.39, 0.29) is 23.9 Å². The Hall–Kier alpha value is -3.14. The van der Waals surface area contributed by atoms with E-state index in [0.717, 1.165) is 49.9 Å². The molecule has 0 aromatic carbocycles. The fourth-order valence-corrected chi connectivity index (χ4v) is 4.84. The molecule has 10 nitrogen and oxygen atoms in total. The number of hydrogen-bond acceptors (Lipinski definition) is 8. The Morgan fingerprint density at radius 1 is 1.23 bits per heavy atom. The quantitative estimate of drug-likeness (QED) is 0.712. The first-order chi connectivity index (χ1) is 15.1. The average molecular weight is 423 g/mol. The summed E-state index contributed by atoms with van der Waals surface area (Å²) in [4.78, 5) is 32.5. The van der Waals surface area contributed by atoms with E-state index in [4.69, 9.17) is 4.74 Å². The molecule has 1 N–H and O–H groups in total. The van der Waals surface area contributed by atoms with Crippen molar-refractivity contribution in [3.05, 3.63) is 41.5 Å². The van der Waals surface area contributed by atoms with Crippen LogP contribution in [0.2, 0.25) is 0 Å². The normalized spacial score (nSPS) is 26.2. The van der Waals surface area contributed by atoms with Crippen molar-refractivity contribution in [1.82, 2.24) is 35.4 Å². The van der Waals surface area contributed by atoms with Crippen LogP contribution in [-0.2, 0) is 20.9 Å². The smallest absolute Gasteiger partial charge is 0.336 e. The Bertz CT molecular complexity index is 1010. The molecule has 0 bridgehead atoms. The Labute approximate surface area is 179 Å². The monoisotopic (exact) mass is 423 g/mol. The Kier molecular flexibility index (Phi) is 5.01. The third-order valence-electron chi connectivity index (χ3n) is 6.82. The maximum absolute atomic E-state index is 13.2. The molecule has 2 aliphatic heterocycles. The molecule has 2 aromatic rings. The second kappa shape index (κ2) is 7.84. The number of carbonyl (C=O) groups excluding carboxylic acids is 2. The molecule has 0 radical (unpaired) electrons. The minimum atomic E-state index is -0.309. The molecule has 5 rings (SSSR count). The minimum Gasteiger partial charge on any atom is -0.456 e. The highest BCUT2D eigenvalue weighted by Crippen LogP contribution is 2.46. The maximum Gasteiger partial charge on any atom is 0.336 e. The number of rotatable bonds is 5. The summed E-state index contributed by atoms with van der Waals surface area (Å²) in [6.45, 7) is 3.37. The van der Waals surface area contributed by atoms with Crippen LogP contribution in [0.15, 0.2) is 35.9 Å². The molecule has 0 atom stereocenters. The lowest BCUT2D eigenvalue weighted by Gasteiger charge is -2.36. The van der Waals surface area contributed by atoms with Gasteiger partial charge in [0.2, 0.25) is 5.91 Å². The van der Waals surface area contributed by atoms with E-state index >= 15 is 0 Å². The topological polar surface area (TPSA) is 115 Å². The maximum atomic E-state index is 13.2. The van der Waals surface area contributed by atoms with Gasteiger partial charge in [-0.3, -0.25) is 4.79 Å². The SMILES string of the molecule is CC1=C(N2CC[C@]3(CC[C@@H](NCc4ccc(-n5ncnn5)nc4)CC3)C2=O)COC1=O. The van der Waals surface area contributed by atoms with Gasteiger partial charge in [0.15, 0.2) is 12.1 Å². The van der Waals surface area contributed by atoms with Crippen LogP contribution in [0.1, 0.15) is 44.6 Å². The molecule has 4 heterocycles. The number of nitrogens with one attached hydrogen (secondary N) is 1. The summed E-state index contributed by atoms with van der Waals surface area (Å²) in [5, 5.41) is 15.1. The van der Waals surface area contributed by atoms with Gasteiger partial charge in [-0.1, -0.05) is 6.07 Å². The van der Waals surface area contributed by atoms with Crippen molar-refractivity contribution in [1.29, 1.82) is 0 Å². The lowest BCUT2D eigenvalue weighted by Crippen LogP contribution is -2.42. The molecule has 1 aliphatic carbocycles. The lowest BCUT2D eigenvalue weighted by molar-refractivity contribution is -0.138. The molecule has 3 aliphatic rings. The van der Waals surface area contributed by atoms with E-state index in [9.17, 15) is 9.59 Å². The minimum absolute atomic E-state index is 0.167. The molecule has 10 heteroatoms. The molecule has 1 saturated heterocycles. The Balaban J connectivity index is 1.15. The van der Waals surface area contributed by atoms with E-state index in [1.807, 2.05) is 18.3 Å². The molecule has 1 amide bonds. The zero-order chi connectivity index (χ0) is 21.4. The fourth-order valence-electron chi connectivity index (χ4n) is 4.84. The van der Waals surface area contributed by atoms with Crippen molar-refractivity contribution < 1.29 is 14.3 Å². The van der Waals surface area contributed by atoms with Crippen molar-refractivity contribution >= 4 is 11.9 Å². The molecule has 31 heavy (non-hydrogen) atoms. The summed E-state index contributed by atoms with van der Waals surface area (Å²) >= 11 is 0. The highest BCUT2D eigenvalue weighted by Gasteiger charge is 2.50. The number of pyridine rings is 1. The van der Waals surface area contributed by atoms with E-state index < -0.39 is 0 Å². The molecule has 1 spiro atoms. The zero-order valence-corrected chi connectivity index (χ0v) is 17.5. The largest absolute Gasteiger partial charge is 0.456 e. The van der Waals surface area contributed by atoms with Crippen LogP contribution in [0, 0.1) is 5.41 Å². The van der Waals surface area contributed by atoms with E-state index in [2.05, 4.69) is 25.7 Å². The average Bonchev–Trinajstić information content (AvgIpc) is 3.51. The Morgan fingerprint density at radius 3 is 2.71 bits per heavy atom. The number of carbonyl (C=O) groups is 2. The van der Waals surface area contributed by atoms with Crippen LogP contribution in [0.5, 0.6) is 0 Å². The summed E-state index contributed by atoms with van der Waals surface area (Å²) in [5.41, 5.74) is 2.12. The second-order valence-corrected chi connectivity index (χ2v) is 8.54. The molecule has 0 unspecified atom stereocenters. The highest BCUT2D eigenvalue weighted by atomic mass is 16.5. The number of amides is 1. The van der Waals surface area contributed by atoms with Gasteiger partial charge in [-0.25, -0.2) is 9.78 Å². The van der Waals surface area contributed by atoms with E-state index in [1.165, 1.54) is 11.1 Å². The molecular formula is C21H25N7O3. The first kappa shape index (κ1) is 19.8. The van der Waals surface area contributed by atoms with Crippen LogP contribution < -0.4 is 5.32 Å². The number of tetrazole rings is 1. The number of hydrogen-bond donors (Lipinski definition) is 1. The van der Waals surface area contributed by atoms with Crippen molar-refractivity contribution in [2.75, 3.05) is 13.2 Å². The predicted octanol–water partition coefficient (Wildman–Crippen LogP) is 1.14. The van der Waals surface area contributed by atoms with Gasteiger partial charge in [0.25, 0.3) is 0 Å². The molecule has 2 fully saturated rings. The Morgan fingerprint density at radius 2 is 2.06 bits per heavy atom. The van der Waals surface area contributed by atoms with Crippen LogP contribution in [-0.4, -0.2) is 61.2 Å². The third-order valence-corrected chi connectivity index (χ3v) is 6.82. The van der Waals surface area contributed by atoms with Crippen LogP contribution in [0.3, 0.4) is 0 Å². The summed E-state index contributed by atoms with van der Waals surface area (Å²) in [7, 11) is 0. The number of ether oxygens (including phenoxy) is 1. The molecular weight excluding hydrogens is 398 g/mol. The van der Waals surface area contributed by atoms with Crippen molar-refractivity contribution in [2.24, 2.45) is 5.41 Å². The lowest BCUT2D eigenvalue weighted by atomic mass is 9.71. The van der Waals surface area contributed by atoms with Crippen molar-refractivity contribution in [3.63, 3.8) is 0 Å². The standard InChI is InChI=1S/C21H25N7O3/c1-14-17(12-31-19(14)29)27-9-8-21(20(27)30)6-4-16(5-7-21)22-10-15-2-3-18(23-11-15)28-25-13-24-26-28/h2-3,11,13,16,22H,4-10,12H2,1H3/t16-,21-. The molecule has 2 aromatic heterocycles. The van der Waals surface area contributed by atoms with Crippen molar-refractivity contribution in [3.8, 4) is 5.82 Å². The van der Waals surface area contributed by atoms with Gasteiger partial charge in [-0.05, 0) is 55.9 Å². The van der Waals surface area contributed by atoms with Gasteiger partial charge in [0.1, 0.15) is 6.61 Å². The van der Waals surface area contributed by atoms with E-state index in [1.54, 1.807) is 11.8 Å². The summed E-state index contributed by atoms with van der Waals surface area (Å²) in [6.07, 6.45) is 7.70. The predicted molar refractivity (Wildman–Crippen MR) is 108 cm³/mol. The zero-order valence-electron chi connectivity index (χ0n) is 17.5. The second-order valence-electron chi connectivity index (χ2n) is 8.54. The molecule has 162 valence electrons. The van der Waals surface area contributed by atoms with Gasteiger partial charge in [-0.2, -0.15) is 0 Å². The van der Waals surface area contributed by atoms with Crippen LogP contribution in [0.4, 0.5) is 0 Å². The van der Waals surface area contributed by atoms with Gasteiger partial charge >= 0.3 is 5.97 Å². The first-order valence-electron chi connectivity index (χ1n) is 10.7. The van der Waals surface area contributed by atoms with Gasteiger partial charge < -0.3 is 15.0 Å². The fraction of sp³-hybridized carbons (Fsp3) is 0.524. The summed E-state index contributed by atoms with van der Waals surface area (Å²) in [5.74, 6) is 0.488. The number of likely N-dealkylation sites (tertiary alicyclic amines) is 1. The summed E-state index contributed by atoms with van der Waals surface area (Å²) in [6, 6.07) is 4.25. The number of cyclic esters (lactones) is 1. The number of nitrogens with zero attached hydrogens (tertiary/aromatic N) is 6. The molecule has 1 saturated carbocycles. The third kappa shape index (κ3) is 3.60. The van der Waals surface area contributed by atoms with Crippen LogP contribution in [0.25, 0.3) is 5.82 Å². The van der Waals surface area contributed by atoms with Gasteiger partial charge in [0, 0.05) is 25.3 Å². The summed E-state index contributed by atoms with van der Waals surface area (Å²) < 4.78 is 5.10.